The van der Waals surface area contributed by atoms with Crippen molar-refractivity contribution in [1.29, 1.82) is 0 Å². The number of hydrogen-bond donors (Lipinski definition) is 1. The first-order chi connectivity index (χ1) is 8.43. The maximum absolute atomic E-state index is 12.0. The van der Waals surface area contributed by atoms with E-state index in [9.17, 15) is 4.79 Å². The Labute approximate surface area is 111 Å². The minimum Gasteiger partial charge on any atom is -0.468 e. The average Bonchev–Trinajstić information content (AvgIpc) is 3.13. The third-order valence-electron chi connectivity index (χ3n) is 4.60. The van der Waals surface area contributed by atoms with Crippen molar-refractivity contribution in [2.24, 2.45) is 5.41 Å². The highest BCUT2D eigenvalue weighted by molar-refractivity contribution is 5.82. The zero-order valence-electron chi connectivity index (χ0n) is 12.5. The first kappa shape index (κ1) is 15.4. The Morgan fingerprint density at radius 3 is 2.33 bits per heavy atom. The van der Waals surface area contributed by atoms with Crippen molar-refractivity contribution < 1.29 is 9.53 Å². The van der Waals surface area contributed by atoms with Gasteiger partial charge in [0.15, 0.2) is 0 Å². The number of hydrogen-bond acceptors (Lipinski definition) is 4. The molecule has 1 aliphatic carbocycles. The molecule has 1 saturated carbocycles. The van der Waals surface area contributed by atoms with Crippen LogP contribution >= 0.6 is 0 Å². The van der Waals surface area contributed by atoms with Crippen molar-refractivity contribution in [2.45, 2.75) is 46.1 Å². The Morgan fingerprint density at radius 1 is 1.39 bits per heavy atom. The van der Waals surface area contributed by atoms with Gasteiger partial charge in [-0.15, -0.1) is 0 Å². The lowest BCUT2D eigenvalue weighted by atomic mass is 9.83. The summed E-state index contributed by atoms with van der Waals surface area (Å²) in [4.78, 5) is 14.4. The van der Waals surface area contributed by atoms with Crippen LogP contribution in [0, 0.1) is 5.41 Å². The molecule has 0 bridgehead atoms. The molecule has 0 radical (unpaired) electrons. The molecule has 0 aromatic heterocycles. The SMILES string of the molecule is CCN(CC)CCNC(C)(C(=O)OC)C1(C)CC1. The van der Waals surface area contributed by atoms with Gasteiger partial charge in [-0.05, 0) is 38.3 Å². The highest BCUT2D eigenvalue weighted by atomic mass is 16.5. The van der Waals surface area contributed by atoms with E-state index in [-0.39, 0.29) is 11.4 Å². The van der Waals surface area contributed by atoms with E-state index in [0.29, 0.717) is 0 Å². The smallest absolute Gasteiger partial charge is 0.326 e. The second-order valence-electron chi connectivity index (χ2n) is 5.63. The number of carbonyl (C=O) groups excluding carboxylic acids is 1. The van der Waals surface area contributed by atoms with E-state index >= 15 is 0 Å². The van der Waals surface area contributed by atoms with Gasteiger partial charge in [0, 0.05) is 13.1 Å². The molecule has 4 heteroatoms. The Balaban J connectivity index is 2.56. The second kappa shape index (κ2) is 6.02. The van der Waals surface area contributed by atoms with Gasteiger partial charge in [0.05, 0.1) is 7.11 Å². The number of nitrogens with one attached hydrogen (secondary N) is 1. The first-order valence-corrected chi connectivity index (χ1v) is 6.99. The maximum Gasteiger partial charge on any atom is 0.326 e. The van der Waals surface area contributed by atoms with Crippen LogP contribution in [0.2, 0.25) is 0 Å². The molecule has 0 saturated heterocycles. The maximum atomic E-state index is 12.0. The highest BCUT2D eigenvalue weighted by Crippen LogP contribution is 2.53. The Morgan fingerprint density at radius 2 is 1.94 bits per heavy atom. The predicted molar refractivity (Wildman–Crippen MR) is 73.6 cm³/mol. The fourth-order valence-electron chi connectivity index (χ4n) is 2.43. The standard InChI is InChI=1S/C14H28N2O2/c1-6-16(7-2)11-10-15-14(4,12(17)18-5)13(3)8-9-13/h15H,6-11H2,1-5H3. The minimum absolute atomic E-state index is 0.0589. The summed E-state index contributed by atoms with van der Waals surface area (Å²) in [6.45, 7) is 12.3. The number of nitrogens with zero attached hydrogens (tertiary/aromatic N) is 1. The molecule has 1 fully saturated rings. The fraction of sp³-hybridized carbons (Fsp3) is 0.929. The molecule has 0 spiro atoms. The lowest BCUT2D eigenvalue weighted by molar-refractivity contribution is -0.151. The number of esters is 1. The van der Waals surface area contributed by atoms with Crippen LogP contribution in [0.15, 0.2) is 0 Å². The Hall–Kier alpha value is -0.610. The molecule has 1 atom stereocenters. The minimum atomic E-state index is -0.547. The fourth-order valence-corrected chi connectivity index (χ4v) is 2.43. The van der Waals surface area contributed by atoms with E-state index in [4.69, 9.17) is 4.74 Å². The molecule has 1 rings (SSSR count). The molecule has 0 aromatic rings. The molecule has 18 heavy (non-hydrogen) atoms. The first-order valence-electron chi connectivity index (χ1n) is 6.99. The number of rotatable bonds is 8. The summed E-state index contributed by atoms with van der Waals surface area (Å²) in [6.07, 6.45) is 2.19. The van der Waals surface area contributed by atoms with Crippen LogP contribution in [-0.4, -0.2) is 49.7 Å². The molecule has 1 N–H and O–H groups in total. The Bertz CT molecular complexity index is 286. The third-order valence-corrected chi connectivity index (χ3v) is 4.60. The summed E-state index contributed by atoms with van der Waals surface area (Å²) in [7, 11) is 1.47. The van der Waals surface area contributed by atoms with Gasteiger partial charge < -0.3 is 15.0 Å². The van der Waals surface area contributed by atoms with Crippen molar-refractivity contribution in [3.8, 4) is 0 Å². The lowest BCUT2D eigenvalue weighted by Gasteiger charge is -2.35. The van der Waals surface area contributed by atoms with Gasteiger partial charge in [-0.1, -0.05) is 20.8 Å². The van der Waals surface area contributed by atoms with Crippen LogP contribution in [0.4, 0.5) is 0 Å². The molecule has 0 heterocycles. The van der Waals surface area contributed by atoms with Crippen molar-refractivity contribution >= 4 is 5.97 Å². The van der Waals surface area contributed by atoms with Crippen LogP contribution < -0.4 is 5.32 Å². The van der Waals surface area contributed by atoms with Gasteiger partial charge in [0.1, 0.15) is 5.54 Å². The van der Waals surface area contributed by atoms with E-state index in [1.54, 1.807) is 0 Å². The van der Waals surface area contributed by atoms with Gasteiger partial charge in [-0.25, -0.2) is 0 Å². The van der Waals surface area contributed by atoms with E-state index < -0.39 is 5.54 Å². The van der Waals surface area contributed by atoms with Crippen molar-refractivity contribution in [3.63, 3.8) is 0 Å². The van der Waals surface area contributed by atoms with Gasteiger partial charge in [-0.3, -0.25) is 4.79 Å². The zero-order chi connectivity index (χ0) is 13.8. The summed E-state index contributed by atoms with van der Waals surface area (Å²) in [5, 5.41) is 3.43. The summed E-state index contributed by atoms with van der Waals surface area (Å²) in [5.74, 6) is -0.137. The van der Waals surface area contributed by atoms with Gasteiger partial charge in [0.25, 0.3) is 0 Å². The second-order valence-corrected chi connectivity index (χ2v) is 5.63. The molecule has 106 valence electrons. The molecule has 4 nitrogen and oxygen atoms in total. The normalized spacial score (nSPS) is 20.6. The molecule has 0 aliphatic heterocycles. The largest absolute Gasteiger partial charge is 0.468 e. The van der Waals surface area contributed by atoms with Crippen LogP contribution in [-0.2, 0) is 9.53 Å². The topological polar surface area (TPSA) is 41.6 Å². The van der Waals surface area contributed by atoms with E-state index in [1.807, 2.05) is 6.92 Å². The van der Waals surface area contributed by atoms with Crippen molar-refractivity contribution in [1.82, 2.24) is 10.2 Å². The number of methoxy groups -OCH3 is 1. The molecule has 1 aliphatic rings. The van der Waals surface area contributed by atoms with E-state index in [1.165, 1.54) is 7.11 Å². The highest BCUT2D eigenvalue weighted by Gasteiger charge is 2.57. The number of carbonyl (C=O) groups is 1. The summed E-state index contributed by atoms with van der Waals surface area (Å²) in [6, 6.07) is 0. The number of ether oxygens (including phenoxy) is 1. The van der Waals surface area contributed by atoms with Crippen molar-refractivity contribution in [2.75, 3.05) is 33.3 Å². The average molecular weight is 256 g/mol. The zero-order valence-corrected chi connectivity index (χ0v) is 12.5. The van der Waals surface area contributed by atoms with Gasteiger partial charge in [0.2, 0.25) is 0 Å². The van der Waals surface area contributed by atoms with Crippen LogP contribution in [0.3, 0.4) is 0 Å². The van der Waals surface area contributed by atoms with Crippen LogP contribution in [0.5, 0.6) is 0 Å². The Kier molecular flexibility index (Phi) is 5.17. The van der Waals surface area contributed by atoms with Gasteiger partial charge >= 0.3 is 5.97 Å². The lowest BCUT2D eigenvalue weighted by Crippen LogP contribution is -2.57. The summed E-state index contributed by atoms with van der Waals surface area (Å²) >= 11 is 0. The van der Waals surface area contributed by atoms with Gasteiger partial charge in [-0.2, -0.15) is 0 Å². The van der Waals surface area contributed by atoms with E-state index in [2.05, 4.69) is 31.0 Å². The molecule has 1 unspecified atom stereocenters. The third kappa shape index (κ3) is 3.04. The molecule has 0 aromatic carbocycles. The van der Waals surface area contributed by atoms with Crippen LogP contribution in [0.25, 0.3) is 0 Å². The monoisotopic (exact) mass is 256 g/mol. The van der Waals surface area contributed by atoms with E-state index in [0.717, 1.165) is 39.0 Å². The quantitative estimate of drug-likeness (QED) is 0.671. The molecule has 0 amide bonds. The summed E-state index contributed by atoms with van der Waals surface area (Å²) in [5.41, 5.74) is -0.488. The van der Waals surface area contributed by atoms with Crippen LogP contribution in [0.1, 0.15) is 40.5 Å². The predicted octanol–water partition coefficient (Wildman–Crippen LogP) is 1.65. The molecular weight excluding hydrogens is 228 g/mol. The molecular formula is C14H28N2O2. The summed E-state index contributed by atoms with van der Waals surface area (Å²) < 4.78 is 4.98. The number of likely N-dealkylation sites (N-methyl/N-ethyl adjacent to an activating group) is 1. The van der Waals surface area contributed by atoms with Crippen molar-refractivity contribution in [3.05, 3.63) is 0 Å².